The quantitative estimate of drug-likeness (QED) is 0.867. The first-order valence-corrected chi connectivity index (χ1v) is 7.67. The molecular weight excluding hydrogens is 264 g/mol. The van der Waals surface area contributed by atoms with E-state index in [0.29, 0.717) is 30.6 Å². The van der Waals surface area contributed by atoms with Crippen LogP contribution in [-0.2, 0) is 13.1 Å². The Balaban J connectivity index is 2.33. The standard InChI is InChI=1S/C17H26N2O2/c1-5-6-19-14(4)8-16(20)17(21)15(19)11-18-9-12(2)7-13(3)10-18/h5,8,12-13,21H,1,6-7,9-11H2,2-4H3. The molecule has 0 radical (unpaired) electrons. The van der Waals surface area contributed by atoms with Gasteiger partial charge in [-0.25, -0.2) is 0 Å². The van der Waals surface area contributed by atoms with Gasteiger partial charge in [-0.1, -0.05) is 19.9 Å². The molecule has 0 aromatic carbocycles. The second kappa shape index (κ2) is 6.48. The number of hydrogen-bond acceptors (Lipinski definition) is 3. The number of allylic oxidation sites excluding steroid dienone is 1. The van der Waals surface area contributed by atoms with Crippen molar-refractivity contribution in [3.8, 4) is 5.75 Å². The third kappa shape index (κ3) is 3.56. The van der Waals surface area contributed by atoms with Crippen LogP contribution in [0.1, 0.15) is 31.7 Å². The van der Waals surface area contributed by atoms with Crippen molar-refractivity contribution in [3.05, 3.63) is 40.3 Å². The Morgan fingerprint density at radius 1 is 1.38 bits per heavy atom. The molecule has 2 atom stereocenters. The van der Waals surface area contributed by atoms with Gasteiger partial charge in [0.15, 0.2) is 5.75 Å². The van der Waals surface area contributed by atoms with Gasteiger partial charge in [0, 0.05) is 37.9 Å². The van der Waals surface area contributed by atoms with E-state index in [9.17, 15) is 9.90 Å². The fourth-order valence-electron chi connectivity index (χ4n) is 3.50. The summed E-state index contributed by atoms with van der Waals surface area (Å²) >= 11 is 0. The van der Waals surface area contributed by atoms with Gasteiger partial charge in [-0.05, 0) is 25.2 Å². The Morgan fingerprint density at radius 2 is 2.00 bits per heavy atom. The van der Waals surface area contributed by atoms with Crippen molar-refractivity contribution in [1.82, 2.24) is 9.47 Å². The maximum absolute atomic E-state index is 11.9. The second-order valence-electron chi connectivity index (χ2n) is 6.48. The molecule has 0 aliphatic carbocycles. The molecule has 116 valence electrons. The molecule has 4 heteroatoms. The van der Waals surface area contributed by atoms with Crippen molar-refractivity contribution in [2.45, 2.75) is 40.3 Å². The Labute approximate surface area is 126 Å². The number of pyridine rings is 1. The molecule has 0 saturated carbocycles. The maximum Gasteiger partial charge on any atom is 0.223 e. The average Bonchev–Trinajstić information content (AvgIpc) is 2.39. The van der Waals surface area contributed by atoms with Gasteiger partial charge >= 0.3 is 0 Å². The van der Waals surface area contributed by atoms with Crippen LogP contribution in [0.4, 0.5) is 0 Å². The number of aromatic hydroxyl groups is 1. The molecule has 1 N–H and O–H groups in total. The van der Waals surface area contributed by atoms with Gasteiger partial charge in [-0.2, -0.15) is 0 Å². The summed E-state index contributed by atoms with van der Waals surface area (Å²) in [5.41, 5.74) is 1.29. The summed E-state index contributed by atoms with van der Waals surface area (Å²) in [6, 6.07) is 1.49. The van der Waals surface area contributed by atoms with Crippen LogP contribution < -0.4 is 5.43 Å². The van der Waals surface area contributed by atoms with Gasteiger partial charge in [-0.3, -0.25) is 9.69 Å². The molecule has 4 nitrogen and oxygen atoms in total. The highest BCUT2D eigenvalue weighted by molar-refractivity contribution is 5.30. The van der Waals surface area contributed by atoms with E-state index in [1.807, 2.05) is 11.5 Å². The van der Waals surface area contributed by atoms with Crippen LogP contribution in [0.5, 0.6) is 5.75 Å². The second-order valence-corrected chi connectivity index (χ2v) is 6.48. The Bertz CT molecular complexity index is 567. The number of piperidine rings is 1. The van der Waals surface area contributed by atoms with Crippen molar-refractivity contribution in [2.24, 2.45) is 11.8 Å². The Hall–Kier alpha value is -1.55. The van der Waals surface area contributed by atoms with E-state index >= 15 is 0 Å². The largest absolute Gasteiger partial charge is 0.503 e. The van der Waals surface area contributed by atoms with Gasteiger partial charge in [0.05, 0.1) is 5.69 Å². The van der Waals surface area contributed by atoms with Crippen molar-refractivity contribution in [2.75, 3.05) is 13.1 Å². The third-order valence-corrected chi connectivity index (χ3v) is 4.23. The minimum Gasteiger partial charge on any atom is -0.503 e. The topological polar surface area (TPSA) is 45.5 Å². The van der Waals surface area contributed by atoms with E-state index in [0.717, 1.165) is 18.8 Å². The zero-order valence-corrected chi connectivity index (χ0v) is 13.3. The minimum atomic E-state index is -0.291. The molecule has 1 aliphatic rings. The molecule has 0 bridgehead atoms. The molecule has 2 rings (SSSR count). The molecule has 0 spiro atoms. The van der Waals surface area contributed by atoms with Crippen LogP contribution in [0.25, 0.3) is 0 Å². The number of rotatable bonds is 4. The molecule has 2 unspecified atom stereocenters. The van der Waals surface area contributed by atoms with Gasteiger partial charge < -0.3 is 9.67 Å². The lowest BCUT2D eigenvalue weighted by Gasteiger charge is -2.35. The highest BCUT2D eigenvalue weighted by Crippen LogP contribution is 2.24. The number of hydrogen-bond donors (Lipinski definition) is 1. The van der Waals surface area contributed by atoms with Crippen LogP contribution in [-0.4, -0.2) is 27.7 Å². The highest BCUT2D eigenvalue weighted by Gasteiger charge is 2.24. The zero-order valence-electron chi connectivity index (χ0n) is 13.3. The smallest absolute Gasteiger partial charge is 0.223 e. The summed E-state index contributed by atoms with van der Waals surface area (Å²) in [4.78, 5) is 14.2. The van der Waals surface area contributed by atoms with Crippen LogP contribution in [0.15, 0.2) is 23.5 Å². The van der Waals surface area contributed by atoms with Crippen LogP contribution in [0, 0.1) is 18.8 Å². The summed E-state index contributed by atoms with van der Waals surface area (Å²) in [6.45, 7) is 13.4. The summed E-state index contributed by atoms with van der Waals surface area (Å²) < 4.78 is 1.98. The van der Waals surface area contributed by atoms with E-state index in [-0.39, 0.29) is 11.2 Å². The monoisotopic (exact) mass is 290 g/mol. The van der Waals surface area contributed by atoms with Crippen molar-refractivity contribution in [1.29, 1.82) is 0 Å². The van der Waals surface area contributed by atoms with Crippen molar-refractivity contribution < 1.29 is 5.11 Å². The lowest BCUT2D eigenvalue weighted by atomic mass is 9.92. The fraction of sp³-hybridized carbons (Fsp3) is 0.588. The Kier molecular flexibility index (Phi) is 4.88. The first-order valence-electron chi connectivity index (χ1n) is 7.67. The lowest BCUT2D eigenvalue weighted by molar-refractivity contribution is 0.130. The van der Waals surface area contributed by atoms with Crippen molar-refractivity contribution in [3.63, 3.8) is 0 Å². The summed E-state index contributed by atoms with van der Waals surface area (Å²) in [6.07, 6.45) is 3.04. The molecular formula is C17H26N2O2. The molecule has 1 fully saturated rings. The normalized spacial score (nSPS) is 23.2. The van der Waals surface area contributed by atoms with Gasteiger partial charge in [0.2, 0.25) is 5.43 Å². The van der Waals surface area contributed by atoms with Crippen molar-refractivity contribution >= 4 is 0 Å². The first-order chi connectivity index (χ1) is 9.92. The predicted octanol–water partition coefficient (Wildman–Crippen LogP) is 2.53. The van der Waals surface area contributed by atoms with E-state index in [2.05, 4.69) is 25.3 Å². The average molecular weight is 290 g/mol. The number of nitrogens with zero attached hydrogens (tertiary/aromatic N) is 2. The van der Waals surface area contributed by atoms with Gasteiger partial charge in [0.25, 0.3) is 0 Å². The minimum absolute atomic E-state index is 0.117. The van der Waals surface area contributed by atoms with E-state index in [1.165, 1.54) is 12.5 Å². The molecule has 1 aromatic rings. The molecule has 2 heterocycles. The van der Waals surface area contributed by atoms with E-state index < -0.39 is 0 Å². The van der Waals surface area contributed by atoms with E-state index in [1.54, 1.807) is 6.08 Å². The third-order valence-electron chi connectivity index (χ3n) is 4.23. The fourth-order valence-corrected chi connectivity index (χ4v) is 3.50. The zero-order chi connectivity index (χ0) is 15.6. The SMILES string of the molecule is C=CCn1c(C)cc(=O)c(O)c1CN1CC(C)CC(C)C1. The predicted molar refractivity (Wildman–Crippen MR) is 85.5 cm³/mol. The summed E-state index contributed by atoms with van der Waals surface area (Å²) in [5.74, 6) is 1.19. The highest BCUT2D eigenvalue weighted by atomic mass is 16.3. The van der Waals surface area contributed by atoms with Gasteiger partial charge in [0.1, 0.15) is 0 Å². The number of aryl methyl sites for hydroxylation is 1. The molecule has 1 saturated heterocycles. The molecule has 0 amide bonds. The molecule has 21 heavy (non-hydrogen) atoms. The van der Waals surface area contributed by atoms with E-state index in [4.69, 9.17) is 0 Å². The number of aromatic nitrogens is 1. The molecule has 1 aliphatic heterocycles. The van der Waals surface area contributed by atoms with Crippen LogP contribution >= 0.6 is 0 Å². The summed E-state index contributed by atoms with van der Waals surface area (Å²) in [7, 11) is 0. The number of likely N-dealkylation sites (tertiary alicyclic amines) is 1. The lowest BCUT2D eigenvalue weighted by Crippen LogP contribution is -2.39. The van der Waals surface area contributed by atoms with Gasteiger partial charge in [-0.15, -0.1) is 6.58 Å². The van der Waals surface area contributed by atoms with Crippen LogP contribution in [0.2, 0.25) is 0 Å². The summed E-state index contributed by atoms with van der Waals surface area (Å²) in [5, 5.41) is 10.2. The maximum atomic E-state index is 11.9. The van der Waals surface area contributed by atoms with Crippen LogP contribution in [0.3, 0.4) is 0 Å². The Morgan fingerprint density at radius 3 is 2.57 bits per heavy atom. The molecule has 1 aromatic heterocycles. The first kappa shape index (κ1) is 15.8.